The van der Waals surface area contributed by atoms with Gasteiger partial charge in [-0.05, 0) is 60.3 Å². The van der Waals surface area contributed by atoms with Crippen LogP contribution in [0.1, 0.15) is 66.7 Å². The first-order valence-corrected chi connectivity index (χ1v) is 14.7. The van der Waals surface area contributed by atoms with Gasteiger partial charge in [-0.2, -0.15) is 0 Å². The zero-order chi connectivity index (χ0) is 27.9. The van der Waals surface area contributed by atoms with E-state index < -0.39 is 44.1 Å². The number of nitrogens with zero attached hydrogens (tertiary/aromatic N) is 4. The van der Waals surface area contributed by atoms with Gasteiger partial charge in [0.25, 0.3) is 7.52 Å². The third-order valence-electron chi connectivity index (χ3n) is 5.96. The summed E-state index contributed by atoms with van der Waals surface area (Å²) in [6.45, 7) is 8.03. The molecule has 3 N–H and O–H groups in total. The van der Waals surface area contributed by atoms with Crippen molar-refractivity contribution in [3.8, 4) is 0 Å². The van der Waals surface area contributed by atoms with Crippen LogP contribution in [0, 0.1) is 0 Å². The highest BCUT2D eigenvalue weighted by Gasteiger charge is 2.40. The van der Waals surface area contributed by atoms with Crippen LogP contribution in [0.25, 0.3) is 11.2 Å². The maximum absolute atomic E-state index is 13.8. The van der Waals surface area contributed by atoms with E-state index >= 15 is 0 Å². The number of carbonyl (C=O) groups excluding carboxylic acids is 2. The molecular formula is C24H39N6O7P. The summed E-state index contributed by atoms with van der Waals surface area (Å²) in [5.41, 5.74) is 5.49. The van der Waals surface area contributed by atoms with Crippen molar-refractivity contribution in [1.29, 1.82) is 0 Å². The molecule has 0 spiro atoms. The fourth-order valence-corrected chi connectivity index (χ4v) is 6.01. The quantitative estimate of drug-likeness (QED) is 0.274. The lowest BCUT2D eigenvalue weighted by Gasteiger charge is -2.32. The van der Waals surface area contributed by atoms with Crippen molar-refractivity contribution >= 4 is 36.4 Å². The molecule has 2 atom stereocenters. The summed E-state index contributed by atoms with van der Waals surface area (Å²) in [5, 5.41) is 2.79. The number of aromatic nitrogens is 4. The van der Waals surface area contributed by atoms with E-state index in [1.807, 2.05) is 0 Å². The molecule has 13 nitrogen and oxygen atoms in total. The highest BCUT2D eigenvalue weighted by Crippen LogP contribution is 2.45. The number of hydrogen-bond acceptors (Lipinski definition) is 11. The summed E-state index contributed by atoms with van der Waals surface area (Å²) in [7, 11) is -3.89. The minimum Gasteiger partial charge on any atom is -0.461 e. The normalized spacial score (nSPS) is 17.3. The molecule has 1 aliphatic carbocycles. The molecule has 0 aliphatic heterocycles. The minimum absolute atomic E-state index is 0.169. The van der Waals surface area contributed by atoms with Crippen LogP contribution < -0.4 is 10.8 Å². The van der Waals surface area contributed by atoms with Crippen LogP contribution in [0.2, 0.25) is 0 Å². The van der Waals surface area contributed by atoms with Gasteiger partial charge in [0, 0.05) is 0 Å². The molecule has 38 heavy (non-hydrogen) atoms. The average molecular weight is 555 g/mol. The van der Waals surface area contributed by atoms with Gasteiger partial charge < -0.3 is 29.0 Å². The van der Waals surface area contributed by atoms with Crippen LogP contribution in [0.15, 0.2) is 12.7 Å². The number of nitrogens with one attached hydrogen (secondary N) is 1. The second kappa shape index (κ2) is 13.0. The number of nitrogens with two attached hydrogens (primary N) is 1. The summed E-state index contributed by atoms with van der Waals surface area (Å²) in [5.74, 6) is -0.965. The van der Waals surface area contributed by atoms with Gasteiger partial charge in [-0.3, -0.25) is 9.36 Å². The van der Waals surface area contributed by atoms with Crippen molar-refractivity contribution in [2.45, 2.75) is 97.1 Å². The van der Waals surface area contributed by atoms with E-state index in [0.29, 0.717) is 17.7 Å². The Kier molecular flexibility index (Phi) is 10.2. The number of esters is 2. The molecule has 0 radical (unpaired) electrons. The van der Waals surface area contributed by atoms with Gasteiger partial charge in [0.1, 0.15) is 29.8 Å². The number of rotatable bonds is 13. The predicted molar refractivity (Wildman–Crippen MR) is 140 cm³/mol. The molecule has 2 heterocycles. The van der Waals surface area contributed by atoms with Crippen molar-refractivity contribution in [2.24, 2.45) is 0 Å². The summed E-state index contributed by atoms with van der Waals surface area (Å²) in [6.07, 6.45) is 6.23. The molecule has 1 fully saturated rings. The van der Waals surface area contributed by atoms with Crippen LogP contribution in [-0.4, -0.2) is 68.3 Å². The number of fused-ring (bicyclic) bond motifs is 1. The molecule has 3 rings (SSSR count). The number of ether oxygens (including phenoxy) is 3. The molecule has 0 saturated heterocycles. The Bertz CT molecular complexity index is 1150. The molecule has 1 aliphatic rings. The van der Waals surface area contributed by atoms with Gasteiger partial charge >= 0.3 is 11.9 Å². The summed E-state index contributed by atoms with van der Waals surface area (Å²) in [6, 6.07) is 0. The highest BCUT2D eigenvalue weighted by atomic mass is 31.2. The number of nitrogen functional groups attached to an aromatic ring is 1. The van der Waals surface area contributed by atoms with Gasteiger partial charge in [0.15, 0.2) is 18.1 Å². The lowest BCUT2D eigenvalue weighted by molar-refractivity contribution is -0.156. The van der Waals surface area contributed by atoms with E-state index in [-0.39, 0.29) is 18.0 Å². The maximum Gasteiger partial charge on any atom is 0.332 e. The number of hydrogen-bond donors (Lipinski definition) is 2. The molecular weight excluding hydrogens is 515 g/mol. The van der Waals surface area contributed by atoms with Gasteiger partial charge in [0.2, 0.25) is 0 Å². The minimum atomic E-state index is -3.89. The van der Waals surface area contributed by atoms with Crippen LogP contribution >= 0.6 is 7.52 Å². The van der Waals surface area contributed by atoms with Gasteiger partial charge in [-0.1, -0.05) is 6.42 Å². The van der Waals surface area contributed by atoms with Crippen LogP contribution in [0.5, 0.6) is 0 Å². The predicted octanol–water partition coefficient (Wildman–Crippen LogP) is 3.18. The average Bonchev–Trinajstić information content (AvgIpc) is 3.25. The third kappa shape index (κ3) is 8.45. The fourth-order valence-electron chi connectivity index (χ4n) is 4.10. The Hall–Kier alpha value is -2.60. The highest BCUT2D eigenvalue weighted by molar-refractivity contribution is 7.56. The molecule has 0 amide bonds. The van der Waals surface area contributed by atoms with Crippen LogP contribution in [0.3, 0.4) is 0 Å². The molecule has 0 bridgehead atoms. The van der Waals surface area contributed by atoms with E-state index in [1.165, 1.54) is 6.33 Å². The van der Waals surface area contributed by atoms with Gasteiger partial charge in [-0.25, -0.2) is 24.8 Å². The Morgan fingerprint density at radius 3 is 2.58 bits per heavy atom. The number of anilines is 1. The Morgan fingerprint density at radius 1 is 1.18 bits per heavy atom. The largest absolute Gasteiger partial charge is 0.461 e. The first-order valence-electron chi connectivity index (χ1n) is 12.8. The Morgan fingerprint density at radius 2 is 1.89 bits per heavy atom. The topological polar surface area (TPSA) is 170 Å². The summed E-state index contributed by atoms with van der Waals surface area (Å²) < 4.78 is 37.8. The molecule has 0 unspecified atom stereocenters. The monoisotopic (exact) mass is 554 g/mol. The van der Waals surface area contributed by atoms with E-state index in [9.17, 15) is 14.2 Å². The van der Waals surface area contributed by atoms with Crippen molar-refractivity contribution in [1.82, 2.24) is 24.6 Å². The first kappa shape index (κ1) is 29.9. The van der Waals surface area contributed by atoms with E-state index in [0.717, 1.165) is 32.1 Å². The zero-order valence-electron chi connectivity index (χ0n) is 22.7. The standard InChI is InChI=1S/C24H39N6O7P/c1-16(2)36-19(31)12-35-38(33,29-24(4,5)23(32)37-18-9-7-6-8-10-18)15-34-17(3)11-30-14-28-20-21(25)26-13-27-22(20)30/h13-14,16-18H,6-12,15H2,1-5H3,(H,29,33)(H2,25,26,27)/t17-,38+/m1/s1. The molecule has 212 valence electrons. The van der Waals surface area contributed by atoms with Crippen LogP contribution in [-0.2, 0) is 39.4 Å². The Labute approximate surface area is 222 Å². The lowest BCUT2D eigenvalue weighted by atomic mass is 9.97. The summed E-state index contributed by atoms with van der Waals surface area (Å²) >= 11 is 0. The zero-order valence-corrected chi connectivity index (χ0v) is 23.6. The van der Waals surface area contributed by atoms with E-state index in [1.54, 1.807) is 45.5 Å². The first-order chi connectivity index (χ1) is 17.9. The second-order valence-corrected chi connectivity index (χ2v) is 12.4. The SMILES string of the molecule is CC(C)OC(=O)CO[P@@](=O)(CO[C@H](C)Cn1cnc2c(N)ncnc21)NC(C)(C)C(=O)OC1CCCCC1. The molecule has 14 heteroatoms. The molecule has 2 aromatic rings. The van der Waals surface area contributed by atoms with E-state index in [4.69, 9.17) is 24.5 Å². The summed E-state index contributed by atoms with van der Waals surface area (Å²) in [4.78, 5) is 37.4. The molecule has 0 aromatic carbocycles. The third-order valence-corrected chi connectivity index (χ3v) is 7.89. The maximum atomic E-state index is 13.8. The van der Waals surface area contributed by atoms with E-state index in [2.05, 4.69) is 20.0 Å². The smallest absolute Gasteiger partial charge is 0.332 e. The van der Waals surface area contributed by atoms with Crippen molar-refractivity contribution in [2.75, 3.05) is 18.7 Å². The van der Waals surface area contributed by atoms with Crippen molar-refractivity contribution in [3.63, 3.8) is 0 Å². The molecule has 2 aromatic heterocycles. The van der Waals surface area contributed by atoms with Gasteiger partial charge in [0.05, 0.1) is 25.1 Å². The Balaban J connectivity index is 1.67. The lowest BCUT2D eigenvalue weighted by Crippen LogP contribution is -2.48. The number of carbonyl (C=O) groups is 2. The fraction of sp³-hybridized carbons (Fsp3) is 0.708. The van der Waals surface area contributed by atoms with Crippen molar-refractivity contribution < 1.29 is 32.9 Å². The second-order valence-electron chi connectivity index (χ2n) is 10.3. The van der Waals surface area contributed by atoms with Crippen LogP contribution in [0.4, 0.5) is 5.82 Å². The van der Waals surface area contributed by atoms with Crippen molar-refractivity contribution in [3.05, 3.63) is 12.7 Å². The number of imidazole rings is 1. The van der Waals surface area contributed by atoms with Gasteiger partial charge in [-0.15, -0.1) is 0 Å². The molecule has 1 saturated carbocycles.